The van der Waals surface area contributed by atoms with Gasteiger partial charge in [-0.2, -0.15) is 0 Å². The number of aromatic nitrogens is 2. The van der Waals surface area contributed by atoms with Crippen LogP contribution in [0.3, 0.4) is 0 Å². The molecule has 3 aromatic heterocycles. The van der Waals surface area contributed by atoms with Gasteiger partial charge in [-0.15, -0.1) is 0 Å². The van der Waals surface area contributed by atoms with E-state index in [2.05, 4.69) is 197 Å². The van der Waals surface area contributed by atoms with Crippen molar-refractivity contribution in [3.05, 3.63) is 188 Å². The number of rotatable bonds is 5. The van der Waals surface area contributed by atoms with Crippen LogP contribution in [0.1, 0.15) is 5.56 Å². The van der Waals surface area contributed by atoms with Crippen molar-refractivity contribution in [2.24, 2.45) is 0 Å². The predicted molar refractivity (Wildman–Crippen MR) is 236 cm³/mol. The van der Waals surface area contributed by atoms with Crippen molar-refractivity contribution in [3.8, 4) is 11.1 Å². The number of aromatic amines is 1. The van der Waals surface area contributed by atoms with Crippen molar-refractivity contribution in [2.45, 2.75) is 0 Å². The molecule has 0 radical (unpaired) electrons. The third-order valence-corrected chi connectivity index (χ3v) is 11.8. The van der Waals surface area contributed by atoms with Gasteiger partial charge >= 0.3 is 0 Å². The number of hydrogen-bond acceptors (Lipinski definition) is 1. The van der Waals surface area contributed by atoms with Gasteiger partial charge in [-0.25, -0.2) is 0 Å². The van der Waals surface area contributed by atoms with Gasteiger partial charge in [0.1, 0.15) is 0 Å². The number of para-hydroxylation sites is 2. The van der Waals surface area contributed by atoms with Crippen molar-refractivity contribution in [3.63, 3.8) is 0 Å². The number of nitrogens with zero attached hydrogens (tertiary/aromatic N) is 2. The smallest absolute Gasteiger partial charge is 0.0620 e. The van der Waals surface area contributed by atoms with Crippen LogP contribution in [0.5, 0.6) is 0 Å². The van der Waals surface area contributed by atoms with Crippen molar-refractivity contribution >= 4 is 105 Å². The first-order valence-electron chi connectivity index (χ1n) is 18.9. The molecule has 12 aromatic rings. The van der Waals surface area contributed by atoms with Crippen LogP contribution >= 0.6 is 0 Å². The van der Waals surface area contributed by atoms with Gasteiger partial charge in [0.2, 0.25) is 0 Å². The van der Waals surface area contributed by atoms with Crippen molar-refractivity contribution in [1.82, 2.24) is 9.38 Å². The van der Waals surface area contributed by atoms with Gasteiger partial charge in [0.15, 0.2) is 0 Å². The maximum atomic E-state index is 3.96. The molecule has 55 heavy (non-hydrogen) atoms. The first kappa shape index (κ1) is 30.1. The van der Waals surface area contributed by atoms with Crippen molar-refractivity contribution < 1.29 is 0 Å². The molecule has 9 aromatic carbocycles. The molecule has 0 saturated carbocycles. The fourth-order valence-electron chi connectivity index (χ4n) is 9.23. The minimum Gasteiger partial charge on any atom is -0.354 e. The molecule has 0 amide bonds. The highest BCUT2D eigenvalue weighted by Gasteiger charge is 2.20. The summed E-state index contributed by atoms with van der Waals surface area (Å²) in [7, 11) is 0. The van der Waals surface area contributed by atoms with Crippen LogP contribution in [-0.4, -0.2) is 9.38 Å². The van der Waals surface area contributed by atoms with Crippen LogP contribution < -0.4 is 4.90 Å². The fraction of sp³-hybridized carbons (Fsp3) is 0. The van der Waals surface area contributed by atoms with Crippen LogP contribution in [0.4, 0.5) is 17.1 Å². The Balaban J connectivity index is 0.984. The summed E-state index contributed by atoms with van der Waals surface area (Å²) in [5.41, 5.74) is 12.9. The van der Waals surface area contributed by atoms with Crippen molar-refractivity contribution in [2.75, 3.05) is 4.90 Å². The SMILES string of the molecule is C=Cc1ccc(N(c2ccc(-c3ccc4c(c3)[nH]c3ccc5cc6c7cccc8c9ccccc9n(c6cc5c34)c87)cc2)c2cccc3ccccc23)cc1. The largest absolute Gasteiger partial charge is 0.354 e. The first-order chi connectivity index (χ1) is 27.2. The highest BCUT2D eigenvalue weighted by molar-refractivity contribution is 6.28. The minimum atomic E-state index is 1.10. The lowest BCUT2D eigenvalue weighted by atomic mass is 9.99. The molecule has 256 valence electrons. The van der Waals surface area contributed by atoms with Gasteiger partial charge in [-0.05, 0) is 93.5 Å². The van der Waals surface area contributed by atoms with Gasteiger partial charge in [-0.3, -0.25) is 0 Å². The lowest BCUT2D eigenvalue weighted by molar-refractivity contribution is 1.30. The maximum absolute atomic E-state index is 3.96. The summed E-state index contributed by atoms with van der Waals surface area (Å²) in [5.74, 6) is 0. The Morgan fingerprint density at radius 3 is 1.98 bits per heavy atom. The van der Waals surface area contributed by atoms with Gasteiger partial charge in [0.05, 0.1) is 22.2 Å². The van der Waals surface area contributed by atoms with E-state index in [0.717, 1.165) is 33.7 Å². The third kappa shape index (κ3) is 4.32. The standard InChI is InChI=1S/C52H33N3/c1-2-32-17-23-37(24-18-32)54(48-16-7-10-34-9-3-4-11-39(34)48)38-25-19-33(20-26-38)35-21-27-43-47(30-35)53-46-28-22-36-29-45-42-14-8-13-41-40-12-5-6-15-49(40)55(52(41)42)50(45)31-44(36)51(43)46/h2-31,53H,1H2. The summed E-state index contributed by atoms with van der Waals surface area (Å²) in [6.07, 6.45) is 1.89. The van der Waals surface area contributed by atoms with Crippen LogP contribution in [0, 0.1) is 0 Å². The topological polar surface area (TPSA) is 23.4 Å². The summed E-state index contributed by atoms with van der Waals surface area (Å²) >= 11 is 0. The molecule has 3 nitrogen and oxygen atoms in total. The summed E-state index contributed by atoms with van der Waals surface area (Å²) < 4.78 is 2.47. The monoisotopic (exact) mass is 699 g/mol. The summed E-state index contributed by atoms with van der Waals surface area (Å²) in [6, 6.07) is 64.4. The molecule has 3 heteroatoms. The minimum absolute atomic E-state index is 1.10. The second-order valence-electron chi connectivity index (χ2n) is 14.7. The van der Waals surface area contributed by atoms with E-state index in [4.69, 9.17) is 0 Å². The molecule has 1 N–H and O–H groups in total. The highest BCUT2D eigenvalue weighted by Crippen LogP contribution is 2.43. The Kier molecular flexibility index (Phi) is 6.20. The Hall–Kier alpha value is -7.36. The molecule has 3 heterocycles. The summed E-state index contributed by atoms with van der Waals surface area (Å²) in [4.78, 5) is 6.14. The normalized spacial score (nSPS) is 12.1. The molecule has 12 rings (SSSR count). The predicted octanol–water partition coefficient (Wildman–Crippen LogP) is 14.6. The molecule has 0 aliphatic heterocycles. The van der Waals surface area contributed by atoms with E-state index in [0.29, 0.717) is 0 Å². The average molecular weight is 700 g/mol. The second-order valence-corrected chi connectivity index (χ2v) is 14.7. The average Bonchev–Trinajstić information content (AvgIpc) is 3.90. The lowest BCUT2D eigenvalue weighted by Gasteiger charge is -2.27. The Labute approximate surface area is 316 Å². The summed E-state index contributed by atoms with van der Waals surface area (Å²) in [6.45, 7) is 3.96. The first-order valence-corrected chi connectivity index (χ1v) is 18.9. The van der Waals surface area contributed by atoms with Gasteiger partial charge in [-0.1, -0.05) is 128 Å². The van der Waals surface area contributed by atoms with E-state index in [-0.39, 0.29) is 0 Å². The van der Waals surface area contributed by atoms with Crippen LogP contribution in [0.2, 0.25) is 0 Å². The van der Waals surface area contributed by atoms with Crippen LogP contribution in [0.25, 0.3) is 98.6 Å². The van der Waals surface area contributed by atoms with E-state index >= 15 is 0 Å². The Morgan fingerprint density at radius 1 is 0.455 bits per heavy atom. The number of anilines is 3. The second kappa shape index (κ2) is 11.3. The molecule has 0 aliphatic rings. The fourth-order valence-corrected chi connectivity index (χ4v) is 9.23. The number of fused-ring (bicyclic) bond motifs is 12. The van der Waals surface area contributed by atoms with E-state index < -0.39 is 0 Å². The van der Waals surface area contributed by atoms with Crippen LogP contribution in [0.15, 0.2) is 183 Å². The van der Waals surface area contributed by atoms with E-state index in [1.54, 1.807) is 0 Å². The zero-order chi connectivity index (χ0) is 36.2. The number of hydrogen-bond donors (Lipinski definition) is 1. The molecule has 0 spiro atoms. The molecular formula is C52H33N3. The highest BCUT2D eigenvalue weighted by atomic mass is 15.1. The zero-order valence-electron chi connectivity index (χ0n) is 29.9. The molecule has 0 aliphatic carbocycles. The molecular weight excluding hydrogens is 667 g/mol. The Bertz CT molecular complexity index is 3490. The molecule has 0 fully saturated rings. The van der Waals surface area contributed by atoms with Crippen LogP contribution in [-0.2, 0) is 0 Å². The number of H-pyrrole nitrogens is 1. The third-order valence-electron chi connectivity index (χ3n) is 11.8. The number of nitrogens with one attached hydrogen (secondary N) is 1. The van der Waals surface area contributed by atoms with Crippen molar-refractivity contribution in [1.29, 1.82) is 0 Å². The van der Waals surface area contributed by atoms with Gasteiger partial charge in [0.25, 0.3) is 0 Å². The number of benzene rings is 9. The molecule has 0 saturated heterocycles. The van der Waals surface area contributed by atoms with E-state index in [9.17, 15) is 0 Å². The van der Waals surface area contributed by atoms with E-state index in [1.165, 1.54) is 81.5 Å². The summed E-state index contributed by atoms with van der Waals surface area (Å²) in [5, 5.41) is 12.7. The maximum Gasteiger partial charge on any atom is 0.0620 e. The van der Waals surface area contributed by atoms with Gasteiger partial charge in [0, 0.05) is 60.1 Å². The molecule has 0 unspecified atom stereocenters. The van der Waals surface area contributed by atoms with E-state index in [1.807, 2.05) is 6.08 Å². The zero-order valence-corrected chi connectivity index (χ0v) is 29.9. The Morgan fingerprint density at radius 2 is 1.15 bits per heavy atom. The lowest BCUT2D eigenvalue weighted by Crippen LogP contribution is -2.10. The quantitative estimate of drug-likeness (QED) is 0.190. The van der Waals surface area contributed by atoms with Gasteiger partial charge < -0.3 is 14.3 Å². The molecule has 0 atom stereocenters. The molecule has 0 bridgehead atoms.